The lowest BCUT2D eigenvalue weighted by molar-refractivity contribution is 0.298. The summed E-state index contributed by atoms with van der Waals surface area (Å²) in [4.78, 5) is 0. The zero-order chi connectivity index (χ0) is 14.5. The molecule has 5 nitrogen and oxygen atoms in total. The highest BCUT2D eigenvalue weighted by Crippen LogP contribution is 2.17. The third-order valence-electron chi connectivity index (χ3n) is 3.09. The van der Waals surface area contributed by atoms with Gasteiger partial charge in [-0.05, 0) is 25.0 Å². The van der Waals surface area contributed by atoms with Gasteiger partial charge in [0.1, 0.15) is 5.75 Å². The van der Waals surface area contributed by atoms with E-state index in [1.807, 2.05) is 45.0 Å². The van der Waals surface area contributed by atoms with Crippen LogP contribution >= 0.6 is 0 Å². The third-order valence-corrected chi connectivity index (χ3v) is 3.09. The van der Waals surface area contributed by atoms with Crippen molar-refractivity contribution in [2.75, 3.05) is 6.61 Å². The van der Waals surface area contributed by atoms with Gasteiger partial charge in [-0.2, -0.15) is 0 Å². The first-order valence-electron chi connectivity index (χ1n) is 6.83. The number of hydrogen-bond acceptors (Lipinski definition) is 5. The Morgan fingerprint density at radius 2 is 1.90 bits per heavy atom. The van der Waals surface area contributed by atoms with Crippen LogP contribution in [0, 0.1) is 12.8 Å². The molecule has 1 aromatic carbocycles. The Labute approximate surface area is 119 Å². The van der Waals surface area contributed by atoms with Crippen molar-refractivity contribution in [3.8, 4) is 5.75 Å². The van der Waals surface area contributed by atoms with Crippen LogP contribution < -0.4 is 10.5 Å². The number of benzene rings is 1. The Kier molecular flexibility index (Phi) is 4.74. The van der Waals surface area contributed by atoms with Gasteiger partial charge in [-0.15, -0.1) is 10.2 Å². The minimum absolute atomic E-state index is 0.214. The van der Waals surface area contributed by atoms with Gasteiger partial charge in [0, 0.05) is 0 Å². The van der Waals surface area contributed by atoms with E-state index >= 15 is 0 Å². The number of aryl methyl sites for hydroxylation is 1. The van der Waals surface area contributed by atoms with Crippen molar-refractivity contribution in [2.24, 2.45) is 11.7 Å². The molecule has 0 fully saturated rings. The molecule has 0 bridgehead atoms. The van der Waals surface area contributed by atoms with Crippen molar-refractivity contribution in [3.63, 3.8) is 0 Å². The van der Waals surface area contributed by atoms with Crippen LogP contribution in [0.25, 0.3) is 0 Å². The molecule has 2 aromatic rings. The molecule has 0 aliphatic rings. The molecule has 0 amide bonds. The molecule has 2 N–H and O–H groups in total. The fraction of sp³-hybridized carbons (Fsp3) is 0.467. The van der Waals surface area contributed by atoms with E-state index < -0.39 is 0 Å². The summed E-state index contributed by atoms with van der Waals surface area (Å²) in [5.41, 5.74) is 7.17. The molecule has 1 unspecified atom stereocenters. The molecule has 1 aromatic heterocycles. The van der Waals surface area contributed by atoms with Gasteiger partial charge in [0.25, 0.3) is 0 Å². The summed E-state index contributed by atoms with van der Waals surface area (Å²) in [6.07, 6.45) is 0.575. The van der Waals surface area contributed by atoms with Crippen LogP contribution in [0.5, 0.6) is 5.75 Å². The second kappa shape index (κ2) is 6.52. The van der Waals surface area contributed by atoms with E-state index in [0.29, 0.717) is 24.8 Å². The monoisotopic (exact) mass is 275 g/mol. The summed E-state index contributed by atoms with van der Waals surface area (Å²) in [5, 5.41) is 7.97. The highest BCUT2D eigenvalue weighted by Gasteiger charge is 2.17. The fourth-order valence-electron chi connectivity index (χ4n) is 1.68. The van der Waals surface area contributed by atoms with Crippen LogP contribution in [0.15, 0.2) is 28.7 Å². The normalized spacial score (nSPS) is 12.7. The van der Waals surface area contributed by atoms with Crippen LogP contribution in [0.4, 0.5) is 0 Å². The van der Waals surface area contributed by atoms with Crippen molar-refractivity contribution in [1.82, 2.24) is 10.2 Å². The lowest BCUT2D eigenvalue weighted by Gasteiger charge is -2.09. The van der Waals surface area contributed by atoms with Crippen molar-refractivity contribution in [3.05, 3.63) is 41.6 Å². The Morgan fingerprint density at radius 3 is 2.55 bits per heavy atom. The number of rotatable bonds is 6. The van der Waals surface area contributed by atoms with Gasteiger partial charge in [-0.3, -0.25) is 0 Å². The summed E-state index contributed by atoms with van der Waals surface area (Å²) < 4.78 is 11.2. The molecular formula is C15H21N3O2. The lowest BCUT2D eigenvalue weighted by Crippen LogP contribution is -2.16. The smallest absolute Gasteiger partial charge is 0.233 e. The quantitative estimate of drug-likeness (QED) is 0.877. The summed E-state index contributed by atoms with van der Waals surface area (Å²) >= 11 is 0. The van der Waals surface area contributed by atoms with Crippen LogP contribution in [-0.2, 0) is 6.42 Å². The highest BCUT2D eigenvalue weighted by atomic mass is 16.5. The van der Waals surface area contributed by atoms with Crippen LogP contribution in [-0.4, -0.2) is 16.8 Å². The topological polar surface area (TPSA) is 74.2 Å². The fourth-order valence-corrected chi connectivity index (χ4v) is 1.68. The van der Waals surface area contributed by atoms with E-state index in [0.717, 1.165) is 5.75 Å². The van der Waals surface area contributed by atoms with E-state index in [9.17, 15) is 0 Å². The Morgan fingerprint density at radius 1 is 1.20 bits per heavy atom. The molecule has 0 aliphatic heterocycles. The Bertz CT molecular complexity index is 534. The maximum atomic E-state index is 5.96. The molecule has 1 atom stereocenters. The number of ether oxygens (including phenoxy) is 1. The van der Waals surface area contributed by atoms with Gasteiger partial charge < -0.3 is 14.9 Å². The number of hydrogen-bond donors (Lipinski definition) is 1. The van der Waals surface area contributed by atoms with Crippen LogP contribution in [0.2, 0.25) is 0 Å². The third kappa shape index (κ3) is 3.81. The molecule has 0 radical (unpaired) electrons. The molecule has 108 valence electrons. The first-order valence-corrected chi connectivity index (χ1v) is 6.83. The van der Waals surface area contributed by atoms with E-state index in [1.54, 1.807) is 0 Å². The molecule has 2 rings (SSSR count). The Balaban J connectivity index is 1.84. The van der Waals surface area contributed by atoms with Crippen molar-refractivity contribution in [1.29, 1.82) is 0 Å². The van der Waals surface area contributed by atoms with Crippen LogP contribution in [0.3, 0.4) is 0 Å². The largest absolute Gasteiger partial charge is 0.493 e. The average Bonchev–Trinajstić information content (AvgIpc) is 2.89. The zero-order valence-corrected chi connectivity index (χ0v) is 12.2. The molecule has 1 heterocycles. The minimum atomic E-state index is -0.214. The molecule has 0 saturated carbocycles. The number of nitrogens with two attached hydrogens (primary N) is 1. The second-order valence-corrected chi connectivity index (χ2v) is 5.22. The maximum Gasteiger partial charge on any atom is 0.233 e. The van der Waals surface area contributed by atoms with Crippen molar-refractivity contribution < 1.29 is 9.15 Å². The Hall–Kier alpha value is -1.88. The van der Waals surface area contributed by atoms with Crippen LogP contribution in [0.1, 0.15) is 37.2 Å². The molecular weight excluding hydrogens is 254 g/mol. The first kappa shape index (κ1) is 14.5. The summed E-state index contributed by atoms with van der Waals surface area (Å²) in [7, 11) is 0. The summed E-state index contributed by atoms with van der Waals surface area (Å²) in [5.74, 6) is 2.16. The van der Waals surface area contributed by atoms with Crippen molar-refractivity contribution in [2.45, 2.75) is 33.2 Å². The highest BCUT2D eigenvalue weighted by molar-refractivity contribution is 5.26. The SMILES string of the molecule is Cc1ccc(OCCc2nnc(C(N)C(C)C)o2)cc1. The molecule has 0 aliphatic carbocycles. The van der Waals surface area contributed by atoms with E-state index in [4.69, 9.17) is 14.9 Å². The second-order valence-electron chi connectivity index (χ2n) is 5.22. The van der Waals surface area contributed by atoms with E-state index in [2.05, 4.69) is 10.2 Å². The molecule has 5 heteroatoms. The van der Waals surface area contributed by atoms with E-state index in [1.165, 1.54) is 5.56 Å². The molecule has 0 saturated heterocycles. The minimum Gasteiger partial charge on any atom is -0.493 e. The van der Waals surface area contributed by atoms with Gasteiger partial charge in [-0.1, -0.05) is 31.5 Å². The van der Waals surface area contributed by atoms with Gasteiger partial charge >= 0.3 is 0 Å². The molecule has 20 heavy (non-hydrogen) atoms. The van der Waals surface area contributed by atoms with Crippen molar-refractivity contribution >= 4 is 0 Å². The zero-order valence-electron chi connectivity index (χ0n) is 12.2. The first-order chi connectivity index (χ1) is 9.56. The van der Waals surface area contributed by atoms with Gasteiger partial charge in [-0.25, -0.2) is 0 Å². The summed E-state index contributed by atoms with van der Waals surface area (Å²) in [6.45, 7) is 6.59. The number of nitrogens with zero attached hydrogens (tertiary/aromatic N) is 2. The predicted octanol–water partition coefficient (Wildman–Crippen LogP) is 2.66. The van der Waals surface area contributed by atoms with Gasteiger partial charge in [0.2, 0.25) is 11.8 Å². The standard InChI is InChI=1S/C15H21N3O2/c1-10(2)14(16)15-18-17-13(20-15)8-9-19-12-6-4-11(3)5-7-12/h4-7,10,14H,8-9,16H2,1-3H3. The predicted molar refractivity (Wildman–Crippen MR) is 76.4 cm³/mol. The number of aromatic nitrogens is 2. The lowest BCUT2D eigenvalue weighted by atomic mass is 10.1. The van der Waals surface area contributed by atoms with Gasteiger partial charge in [0.15, 0.2) is 0 Å². The van der Waals surface area contributed by atoms with E-state index in [-0.39, 0.29) is 12.0 Å². The maximum absolute atomic E-state index is 5.96. The molecule has 0 spiro atoms. The van der Waals surface area contributed by atoms with Gasteiger partial charge in [0.05, 0.1) is 19.1 Å². The average molecular weight is 275 g/mol. The summed E-state index contributed by atoms with van der Waals surface area (Å²) in [6, 6.07) is 7.71.